The Hall–Kier alpha value is -7.25. The first-order chi connectivity index (χ1) is 25.6. The summed E-state index contributed by atoms with van der Waals surface area (Å²) in [4.78, 5) is 53.5. The summed E-state index contributed by atoms with van der Waals surface area (Å²) in [7, 11) is 0. The number of nitrogens with one attached hydrogen (secondary N) is 2. The Bertz CT molecular complexity index is 2470. The number of rotatable bonds is 8. The van der Waals surface area contributed by atoms with E-state index < -0.39 is 0 Å². The largest absolute Gasteiger partial charge is 0.337 e. The number of benzene rings is 6. The van der Waals surface area contributed by atoms with Crippen molar-refractivity contribution in [3.8, 4) is 78.9 Å². The van der Waals surface area contributed by atoms with Crippen LogP contribution >= 0.6 is 0 Å². The van der Waals surface area contributed by atoms with Gasteiger partial charge in [-0.3, -0.25) is 14.4 Å². The molecule has 1 aliphatic carbocycles. The third-order valence-corrected chi connectivity index (χ3v) is 9.54. The van der Waals surface area contributed by atoms with Gasteiger partial charge < -0.3 is 9.97 Å². The molecule has 0 amide bonds. The number of imidazole rings is 2. The van der Waals surface area contributed by atoms with Crippen LogP contribution in [0.4, 0.5) is 0 Å². The lowest BCUT2D eigenvalue weighted by molar-refractivity contribution is 0.104. The molecule has 0 saturated carbocycles. The van der Waals surface area contributed by atoms with Crippen LogP contribution in [0, 0.1) is 0 Å². The van der Waals surface area contributed by atoms with Gasteiger partial charge in [0.2, 0.25) is 0 Å². The third-order valence-electron chi connectivity index (χ3n) is 9.54. The number of aromatic nitrogens is 4. The topological polar surface area (TPSA) is 109 Å². The number of fused-ring (bicyclic) bond motifs is 3. The van der Waals surface area contributed by atoms with Gasteiger partial charge in [-0.25, -0.2) is 9.97 Å². The lowest BCUT2D eigenvalue weighted by Gasteiger charge is -2.08. The van der Waals surface area contributed by atoms with Crippen LogP contribution in [0.1, 0.15) is 36.6 Å². The SMILES string of the molecule is O=Cc1ccc(-c2nc(-c3ccc4c(c3)-c3cc(-c5[nH]c(-c6ccc(C=O)cc6)nc5-c5ccccc5)ccc3C4=O)c(-c3ccccc3)[nH]2)cc1. The van der Waals surface area contributed by atoms with Gasteiger partial charge in [-0.05, 0) is 35.4 Å². The van der Waals surface area contributed by atoms with E-state index in [-0.39, 0.29) is 5.78 Å². The summed E-state index contributed by atoms with van der Waals surface area (Å²) in [5.74, 6) is 1.33. The summed E-state index contributed by atoms with van der Waals surface area (Å²) in [5.41, 5.74) is 12.7. The number of carbonyl (C=O) groups excluding carboxylic acids is 3. The van der Waals surface area contributed by atoms with Crippen LogP contribution in [-0.4, -0.2) is 38.3 Å². The van der Waals surface area contributed by atoms with E-state index in [4.69, 9.17) is 9.97 Å². The molecule has 8 aromatic rings. The van der Waals surface area contributed by atoms with Crippen molar-refractivity contribution in [2.75, 3.05) is 0 Å². The second-order valence-corrected chi connectivity index (χ2v) is 12.7. The monoisotopic (exact) mass is 672 g/mol. The van der Waals surface area contributed by atoms with Crippen molar-refractivity contribution in [1.82, 2.24) is 19.9 Å². The van der Waals surface area contributed by atoms with Crippen molar-refractivity contribution in [1.29, 1.82) is 0 Å². The van der Waals surface area contributed by atoms with E-state index in [1.165, 1.54) is 0 Å². The normalized spacial score (nSPS) is 11.7. The molecule has 52 heavy (non-hydrogen) atoms. The zero-order valence-corrected chi connectivity index (χ0v) is 27.6. The summed E-state index contributed by atoms with van der Waals surface area (Å²) in [6, 6.07) is 46.4. The van der Waals surface area contributed by atoms with Gasteiger partial charge in [0.15, 0.2) is 5.78 Å². The molecule has 0 bridgehead atoms. The van der Waals surface area contributed by atoms with Crippen LogP contribution in [-0.2, 0) is 0 Å². The van der Waals surface area contributed by atoms with E-state index >= 15 is 0 Å². The average molecular weight is 673 g/mol. The minimum atomic E-state index is -0.0202. The number of hydrogen-bond donors (Lipinski definition) is 2. The average Bonchev–Trinajstić information content (AvgIpc) is 3.94. The molecule has 7 heteroatoms. The van der Waals surface area contributed by atoms with E-state index in [0.29, 0.717) is 33.9 Å². The lowest BCUT2D eigenvalue weighted by Crippen LogP contribution is -1.95. The number of hydrogen-bond acceptors (Lipinski definition) is 5. The van der Waals surface area contributed by atoms with Gasteiger partial charge in [-0.1, -0.05) is 121 Å². The van der Waals surface area contributed by atoms with Crippen molar-refractivity contribution in [3.05, 3.63) is 168 Å². The van der Waals surface area contributed by atoms with Crippen molar-refractivity contribution in [3.63, 3.8) is 0 Å². The van der Waals surface area contributed by atoms with E-state index in [9.17, 15) is 14.4 Å². The quantitative estimate of drug-likeness (QED) is 0.156. The van der Waals surface area contributed by atoms with Gasteiger partial charge in [-0.15, -0.1) is 0 Å². The second-order valence-electron chi connectivity index (χ2n) is 12.7. The summed E-state index contributed by atoms with van der Waals surface area (Å²) < 4.78 is 0. The highest BCUT2D eigenvalue weighted by molar-refractivity contribution is 6.22. The molecule has 2 heterocycles. The Morgan fingerprint density at radius 2 is 0.827 bits per heavy atom. The Kier molecular flexibility index (Phi) is 7.44. The lowest BCUT2D eigenvalue weighted by atomic mass is 9.97. The van der Waals surface area contributed by atoms with Crippen LogP contribution in [0.2, 0.25) is 0 Å². The summed E-state index contributed by atoms with van der Waals surface area (Å²) in [6.45, 7) is 0. The second kappa shape index (κ2) is 12.6. The molecule has 0 radical (unpaired) electrons. The van der Waals surface area contributed by atoms with Gasteiger partial charge in [0.25, 0.3) is 0 Å². The first-order valence-corrected chi connectivity index (χ1v) is 16.8. The molecule has 9 rings (SSSR count). The highest BCUT2D eigenvalue weighted by Gasteiger charge is 2.29. The van der Waals surface area contributed by atoms with Gasteiger partial charge in [0.1, 0.15) is 24.2 Å². The smallest absolute Gasteiger partial charge is 0.194 e. The molecule has 0 spiro atoms. The maximum Gasteiger partial charge on any atom is 0.194 e. The van der Waals surface area contributed by atoms with Crippen LogP contribution in [0.15, 0.2) is 146 Å². The van der Waals surface area contributed by atoms with E-state index in [2.05, 4.69) is 22.1 Å². The minimum Gasteiger partial charge on any atom is -0.337 e. The van der Waals surface area contributed by atoms with Crippen molar-refractivity contribution >= 4 is 18.4 Å². The number of H-pyrrole nitrogens is 2. The molecule has 2 aromatic heterocycles. The van der Waals surface area contributed by atoms with Crippen molar-refractivity contribution in [2.24, 2.45) is 0 Å². The molecular weight excluding hydrogens is 645 g/mol. The van der Waals surface area contributed by atoms with Crippen molar-refractivity contribution < 1.29 is 14.4 Å². The minimum absolute atomic E-state index is 0.0202. The van der Waals surface area contributed by atoms with Gasteiger partial charge in [0.05, 0.1) is 22.8 Å². The van der Waals surface area contributed by atoms with E-state index in [1.807, 2.05) is 109 Å². The fraction of sp³-hybridized carbons (Fsp3) is 0. The predicted octanol–water partition coefficient (Wildman–Crippen LogP) is 9.97. The molecule has 0 saturated heterocycles. The first kappa shape index (κ1) is 30.8. The van der Waals surface area contributed by atoms with Crippen LogP contribution in [0.3, 0.4) is 0 Å². The molecule has 7 nitrogen and oxygen atoms in total. The first-order valence-electron chi connectivity index (χ1n) is 16.8. The highest BCUT2D eigenvalue weighted by atomic mass is 16.1. The molecule has 0 atom stereocenters. The molecule has 0 aliphatic heterocycles. The molecule has 0 unspecified atom stereocenters. The predicted molar refractivity (Wildman–Crippen MR) is 203 cm³/mol. The number of nitrogens with zero attached hydrogens (tertiary/aromatic N) is 2. The molecule has 246 valence electrons. The van der Waals surface area contributed by atoms with E-state index in [0.717, 1.165) is 79.9 Å². The molecule has 6 aromatic carbocycles. The fourth-order valence-corrected chi connectivity index (χ4v) is 6.87. The molecule has 2 N–H and O–H groups in total. The van der Waals surface area contributed by atoms with Crippen molar-refractivity contribution in [2.45, 2.75) is 0 Å². The molecular formula is C45H28N4O3. The Balaban J connectivity index is 1.17. The van der Waals surface area contributed by atoms with Gasteiger partial charge >= 0.3 is 0 Å². The standard InChI is InChI=1S/C45H28N4O3/c50-25-27-11-15-31(16-12-27)44-46-39(29-7-3-1-4-8-29)41(48-44)33-19-21-35-37(23-33)38-24-34(20-22-36(38)43(35)52)42-40(30-9-5-2-6-10-30)47-45(49-42)32-17-13-28(26-51)14-18-32/h1-26H,(H,46,48)(H,47,49). The number of aldehydes is 2. The van der Waals surface area contributed by atoms with E-state index in [1.54, 1.807) is 24.3 Å². The molecule has 0 fully saturated rings. The summed E-state index contributed by atoms with van der Waals surface area (Å²) in [5, 5.41) is 0. The van der Waals surface area contributed by atoms with Crippen LogP contribution in [0.25, 0.3) is 78.9 Å². The third kappa shape index (κ3) is 5.28. The Morgan fingerprint density at radius 1 is 0.404 bits per heavy atom. The van der Waals surface area contributed by atoms with Crippen LogP contribution in [0.5, 0.6) is 0 Å². The number of aromatic amines is 2. The number of ketones is 1. The maximum absolute atomic E-state index is 13.8. The van der Waals surface area contributed by atoms with Gasteiger partial charge in [-0.2, -0.15) is 0 Å². The Morgan fingerprint density at radius 3 is 1.35 bits per heavy atom. The zero-order chi connectivity index (χ0) is 35.2. The Labute approximate surface area is 298 Å². The zero-order valence-electron chi connectivity index (χ0n) is 27.6. The summed E-state index contributed by atoms with van der Waals surface area (Å²) in [6.07, 6.45) is 1.65. The number of carbonyl (C=O) groups is 3. The summed E-state index contributed by atoms with van der Waals surface area (Å²) >= 11 is 0. The fourth-order valence-electron chi connectivity index (χ4n) is 6.87. The van der Waals surface area contributed by atoms with Crippen LogP contribution < -0.4 is 0 Å². The van der Waals surface area contributed by atoms with Gasteiger partial charge in [0, 0.05) is 55.6 Å². The maximum atomic E-state index is 13.8. The molecule has 1 aliphatic rings. The highest BCUT2D eigenvalue weighted by Crippen LogP contribution is 2.43.